The van der Waals surface area contributed by atoms with Crippen molar-refractivity contribution in [2.24, 2.45) is 47.3 Å². The van der Waals surface area contributed by atoms with E-state index in [4.69, 9.17) is 32.7 Å². The number of halogens is 16. The number of ether oxygens (including phenoxy) is 3. The van der Waals surface area contributed by atoms with Crippen molar-refractivity contribution in [2.45, 2.75) is 273 Å². The number of methoxy groups -OCH3 is 1. The van der Waals surface area contributed by atoms with Gasteiger partial charge < -0.3 is 14.2 Å². The molecule has 19 heteroatoms. The molecule has 0 heterocycles. The van der Waals surface area contributed by atoms with E-state index in [0.29, 0.717) is 86.0 Å². The van der Waals surface area contributed by atoms with Crippen molar-refractivity contribution in [2.75, 3.05) is 14.0 Å². The van der Waals surface area contributed by atoms with E-state index >= 15 is 0 Å². The third-order valence-corrected chi connectivity index (χ3v) is 31.4. The lowest BCUT2D eigenvalue weighted by Gasteiger charge is -2.27. The number of hydrogen-bond donors (Lipinski definition) is 0. The molecule has 6 aliphatic carbocycles. The minimum atomic E-state index is -3.75. The van der Waals surface area contributed by atoms with Crippen LogP contribution < -0.4 is 14.2 Å². The topological polar surface area (TPSA) is 27.7 Å². The second-order valence-electron chi connectivity index (χ2n) is 41.6. The van der Waals surface area contributed by atoms with Crippen LogP contribution in [-0.2, 0) is 12.5 Å². The lowest BCUT2D eigenvalue weighted by Crippen LogP contribution is -2.23. The maximum Gasteiger partial charge on any atom is 0.426 e. The van der Waals surface area contributed by atoms with Crippen molar-refractivity contribution in [3.63, 3.8) is 0 Å². The quantitative estimate of drug-likeness (QED) is 0.0596. The highest BCUT2D eigenvalue weighted by molar-refractivity contribution is 6.32. The average Bonchev–Trinajstić information content (AvgIpc) is 0.797. The third kappa shape index (κ3) is 31.7. The van der Waals surface area contributed by atoms with Crippen LogP contribution in [0.4, 0.5) is 61.5 Å². The summed E-state index contributed by atoms with van der Waals surface area (Å²) < 4.78 is 204. The first-order valence-electron chi connectivity index (χ1n) is 51.9. The van der Waals surface area contributed by atoms with Crippen molar-refractivity contribution in [1.82, 2.24) is 0 Å². The number of hydrogen-bond acceptors (Lipinski definition) is 3. The molecule has 0 spiro atoms. The maximum atomic E-state index is 14.4. The normalized spacial score (nSPS) is 20.9. The zero-order valence-electron chi connectivity index (χ0n) is 85.7. The summed E-state index contributed by atoms with van der Waals surface area (Å²) in [5.41, 5.74) is 13.7. The van der Waals surface area contributed by atoms with Gasteiger partial charge >= 0.3 is 6.11 Å². The van der Waals surface area contributed by atoms with Gasteiger partial charge in [0.1, 0.15) is 22.3 Å². The van der Waals surface area contributed by atoms with Gasteiger partial charge in [-0.2, -0.15) is 13.2 Å². The molecule has 6 saturated carbocycles. The molecule has 145 heavy (non-hydrogen) atoms. The monoisotopic (exact) mass is 2050 g/mol. The Morgan fingerprint density at radius 2 is 0.634 bits per heavy atom. The molecular weight excluding hydrogens is 1900 g/mol. The van der Waals surface area contributed by atoms with Crippen LogP contribution in [0.2, 0.25) is 10.0 Å². The fraction of sp³-hybridized carbons (Fsp3) is 0.413. The molecule has 12 aromatic rings. The maximum absolute atomic E-state index is 14.4. The summed E-state index contributed by atoms with van der Waals surface area (Å²) in [6.45, 7) is 20.8. The molecule has 0 atom stereocenters. The Bertz CT molecular complexity index is 6130. The van der Waals surface area contributed by atoms with Crippen LogP contribution in [0.3, 0.4) is 0 Å². The Balaban J connectivity index is 0.000000270. The highest BCUT2D eigenvalue weighted by Gasteiger charge is 2.37. The molecule has 0 radical (unpaired) electrons. The van der Waals surface area contributed by atoms with E-state index < -0.39 is 76.9 Å². The molecule has 0 bridgehead atoms. The number of rotatable bonds is 19. The molecule has 0 saturated heterocycles. The van der Waals surface area contributed by atoms with Gasteiger partial charge in [0, 0.05) is 30.8 Å². The SMILES string of the molecule is CC1CCC(c2ccc(OCF)cc2)CC1.COc1ccc(-c2ccc(C3CCC(C)CC3)cc2)c(F)c1Cl.Cc1ccc(-c2ccc(C3CCC(C)CC3)cc2)c(F)c1Cl.Cc1ccc(-c2ccc(C=CC3CCC(C)CC3)cc2)c(F)c1F.Cc1ccc(-c2ccc(CCC3CCC(C)CC3)cc2)c(F)c1F.Cc1ccc(F)c(F)c1F.Cc1ccc(OC(F)(F)c2ccc(C3CCC(C)CC3)cc2)c(F)c1F.[HH].[HH].[HH].[HH].[HH].[HH]. The predicted octanol–water partition coefficient (Wildman–Crippen LogP) is 41.5. The first kappa shape index (κ1) is 113. The van der Waals surface area contributed by atoms with Gasteiger partial charge in [-0.15, -0.1) is 0 Å². The fourth-order valence-corrected chi connectivity index (χ4v) is 20.9. The van der Waals surface area contributed by atoms with Gasteiger partial charge in [-0.05, 0) is 315 Å². The van der Waals surface area contributed by atoms with Gasteiger partial charge in [0.25, 0.3) is 0 Å². The van der Waals surface area contributed by atoms with E-state index in [1.807, 2.05) is 91.9 Å². The number of alkyl halides is 3. The molecule has 0 unspecified atom stereocenters. The molecule has 0 aliphatic heterocycles. The van der Waals surface area contributed by atoms with Crippen molar-refractivity contribution in [3.05, 3.63) is 365 Å². The fourth-order valence-electron chi connectivity index (χ4n) is 20.5. The van der Waals surface area contributed by atoms with Gasteiger partial charge in [-0.25, -0.2) is 48.3 Å². The van der Waals surface area contributed by atoms with Gasteiger partial charge in [-0.3, -0.25) is 0 Å². The molecule has 6 aliphatic rings. The van der Waals surface area contributed by atoms with Crippen LogP contribution in [0.25, 0.3) is 50.6 Å². The summed E-state index contributed by atoms with van der Waals surface area (Å²) in [6.07, 6.45) is 33.5. The molecule has 3 nitrogen and oxygen atoms in total. The number of benzene rings is 12. The van der Waals surface area contributed by atoms with Gasteiger partial charge in [-0.1, -0.05) is 337 Å². The van der Waals surface area contributed by atoms with Crippen LogP contribution in [0, 0.1) is 146 Å². The first-order chi connectivity index (χ1) is 69.4. The first-order valence-corrected chi connectivity index (χ1v) is 52.6. The lowest BCUT2D eigenvalue weighted by atomic mass is 9.79. The number of aryl methyl sites for hydroxylation is 6. The highest BCUT2D eigenvalue weighted by atomic mass is 35.5. The van der Waals surface area contributed by atoms with E-state index in [1.165, 1.54) is 202 Å². The summed E-state index contributed by atoms with van der Waals surface area (Å²) >= 11 is 12.0. The number of allylic oxidation sites excluding steroid dienone is 1. The van der Waals surface area contributed by atoms with E-state index in [9.17, 15) is 61.5 Å². The molecule has 18 rings (SSSR count). The second kappa shape index (κ2) is 54.4. The molecular formula is C126H152Cl2F14O3. The summed E-state index contributed by atoms with van der Waals surface area (Å²) in [5, 5.41) is 0.262. The lowest BCUT2D eigenvalue weighted by molar-refractivity contribution is -0.187. The molecule has 0 N–H and O–H groups in total. The predicted molar refractivity (Wildman–Crippen MR) is 578 cm³/mol. The van der Waals surface area contributed by atoms with Crippen LogP contribution >= 0.6 is 23.2 Å². The van der Waals surface area contributed by atoms with Gasteiger partial charge in [0.2, 0.25) is 12.7 Å². The summed E-state index contributed by atoms with van der Waals surface area (Å²) in [6, 6.07) is 64.0. The average molecular weight is 2050 g/mol. The zero-order valence-corrected chi connectivity index (χ0v) is 87.2. The van der Waals surface area contributed by atoms with Crippen LogP contribution in [0.1, 0.15) is 301 Å². The highest BCUT2D eigenvalue weighted by Crippen LogP contribution is 2.45. The van der Waals surface area contributed by atoms with Crippen molar-refractivity contribution < 1.29 is 84.2 Å². The molecule has 786 valence electrons. The van der Waals surface area contributed by atoms with E-state index in [0.717, 1.165) is 113 Å². The van der Waals surface area contributed by atoms with Crippen LogP contribution in [0.15, 0.2) is 224 Å². The van der Waals surface area contributed by atoms with Crippen molar-refractivity contribution >= 4 is 29.3 Å². The standard InChI is InChI=1S/C22H26F2.C22H24F2.C21H22F4O.C20H22ClFO.C20H22ClF.C14H19FO.C7H5F3.6H2/c2*1-15-3-6-17(7-4-15)8-9-18-10-12-19(13-11-18)20-14-5-16(2)21(23)22(20)24;1-13-3-6-15(7-4-13)16-8-10-17(11-9-16)21(24,25)26-18-12-5-14(2)19(22)20(18)23;1-13-3-5-14(6-4-13)15-7-9-16(10-8-15)17-11-12-18(23-2)19(21)20(17)22;1-13-3-6-15(7-4-13)16-8-10-17(11-9-16)18-12-5-14(2)19(21)20(18)22;1-11-2-4-12(5-3-11)13-6-8-14(9-7-13)16-10-15;1-4-2-3-5(8)7(10)6(4)9;;;;;;/h5,10-15,17H,3-4,6-9H2,1-2H3;5,8-15,17H,3-4,6-7H2,1-2H3;5,8-13,15H,3-4,6-7H2,1-2H3;7-14H,3-6H2,1-2H3;5,8-13,15H,3-4,6-7H2,1-2H3;6-9,11-12H,2-5,10H2,1H3;2-3H,1H3;6*1H. The Labute approximate surface area is 869 Å². The van der Waals surface area contributed by atoms with Crippen molar-refractivity contribution in [1.29, 1.82) is 0 Å². The molecule has 0 aromatic heterocycles. The minimum absolute atomic E-state index is 0. The Morgan fingerprint density at radius 1 is 0.317 bits per heavy atom. The second-order valence-corrected chi connectivity index (χ2v) is 42.4. The molecule has 0 amide bonds. The third-order valence-electron chi connectivity index (χ3n) is 30.6. The Kier molecular flexibility index (Phi) is 42.4. The minimum Gasteiger partial charge on any atom is -0.495 e. The largest absolute Gasteiger partial charge is 0.495 e. The van der Waals surface area contributed by atoms with Crippen LogP contribution in [0.5, 0.6) is 17.2 Å². The molecule has 12 aromatic carbocycles. The summed E-state index contributed by atoms with van der Waals surface area (Å²) in [5.74, 6) is -0.876. The Morgan fingerprint density at radius 3 is 1.03 bits per heavy atom. The van der Waals surface area contributed by atoms with Gasteiger partial charge in [0.05, 0.1) is 17.7 Å². The zero-order chi connectivity index (χ0) is 104. The van der Waals surface area contributed by atoms with Gasteiger partial charge in [0.15, 0.2) is 58.1 Å². The van der Waals surface area contributed by atoms with Crippen LogP contribution in [-0.4, -0.2) is 14.0 Å². The Hall–Kier alpha value is -10.6. The summed E-state index contributed by atoms with van der Waals surface area (Å²) in [7, 11) is 1.49. The molecule has 6 fully saturated rings. The summed E-state index contributed by atoms with van der Waals surface area (Å²) in [4.78, 5) is 0. The van der Waals surface area contributed by atoms with E-state index in [-0.39, 0.29) is 41.1 Å². The van der Waals surface area contributed by atoms with E-state index in [1.54, 1.807) is 62.4 Å². The smallest absolute Gasteiger partial charge is 0.426 e. The van der Waals surface area contributed by atoms with E-state index in [2.05, 4.69) is 107 Å². The van der Waals surface area contributed by atoms with Crippen molar-refractivity contribution in [3.8, 4) is 61.8 Å².